The number of likely N-dealkylation sites (tertiary alicyclic amines) is 1. The topological polar surface area (TPSA) is 55.6 Å². The van der Waals surface area contributed by atoms with Gasteiger partial charge in [0.05, 0.1) is 6.42 Å². The molecule has 1 heterocycles. The van der Waals surface area contributed by atoms with Crippen LogP contribution in [-0.4, -0.2) is 42.7 Å². The largest absolute Gasteiger partial charge is 0.484 e. The van der Waals surface area contributed by atoms with E-state index in [9.17, 15) is 18.0 Å². The predicted octanol–water partition coefficient (Wildman–Crippen LogP) is 2.37. The van der Waals surface area contributed by atoms with Crippen molar-refractivity contribution in [2.75, 3.05) is 19.7 Å². The van der Waals surface area contributed by atoms with E-state index < -0.39 is 12.8 Å². The molecule has 0 bridgehead atoms. The number of benzene rings is 1. The normalized spacial score (nSPS) is 26.5. The van der Waals surface area contributed by atoms with Crippen molar-refractivity contribution in [2.45, 2.75) is 31.5 Å². The van der Waals surface area contributed by atoms with Crippen LogP contribution in [0.5, 0.6) is 5.75 Å². The molecule has 1 aliphatic heterocycles. The Kier molecular flexibility index (Phi) is 4.71. The van der Waals surface area contributed by atoms with Crippen LogP contribution in [0.3, 0.4) is 0 Å². The molecule has 0 radical (unpaired) electrons. The van der Waals surface area contributed by atoms with Gasteiger partial charge in [-0.3, -0.25) is 4.79 Å². The SMILES string of the molecule is NC1CCC2CN(C(=O)Cc3cccc(OCC(F)(F)F)c3)CC12. The summed E-state index contributed by atoms with van der Waals surface area (Å²) in [5.41, 5.74) is 6.73. The zero-order chi connectivity index (χ0) is 17.3. The minimum atomic E-state index is -4.38. The molecule has 2 N–H and O–H groups in total. The summed E-state index contributed by atoms with van der Waals surface area (Å²) in [5, 5.41) is 0. The van der Waals surface area contributed by atoms with Crippen molar-refractivity contribution >= 4 is 5.91 Å². The van der Waals surface area contributed by atoms with E-state index in [0.717, 1.165) is 19.4 Å². The summed E-state index contributed by atoms with van der Waals surface area (Å²) in [5.74, 6) is 0.989. The Morgan fingerprint density at radius 1 is 1.29 bits per heavy atom. The van der Waals surface area contributed by atoms with Gasteiger partial charge in [0.15, 0.2) is 6.61 Å². The highest BCUT2D eigenvalue weighted by atomic mass is 19.4. The Morgan fingerprint density at radius 3 is 2.79 bits per heavy atom. The average Bonchev–Trinajstić information content (AvgIpc) is 3.08. The van der Waals surface area contributed by atoms with Crippen LogP contribution in [0.25, 0.3) is 0 Å². The number of fused-ring (bicyclic) bond motifs is 1. The van der Waals surface area contributed by atoms with Crippen LogP contribution in [0, 0.1) is 11.8 Å². The first-order valence-electron chi connectivity index (χ1n) is 8.13. The summed E-state index contributed by atoms with van der Waals surface area (Å²) in [7, 11) is 0. The Labute approximate surface area is 138 Å². The predicted molar refractivity (Wildman–Crippen MR) is 82.5 cm³/mol. The van der Waals surface area contributed by atoms with Gasteiger partial charge in [-0.2, -0.15) is 13.2 Å². The lowest BCUT2D eigenvalue weighted by Crippen LogP contribution is -2.34. The maximum atomic E-state index is 12.4. The van der Waals surface area contributed by atoms with Gasteiger partial charge in [-0.1, -0.05) is 12.1 Å². The number of hydrogen-bond acceptors (Lipinski definition) is 3. The monoisotopic (exact) mass is 342 g/mol. The van der Waals surface area contributed by atoms with Crippen LogP contribution in [0.15, 0.2) is 24.3 Å². The van der Waals surface area contributed by atoms with Crippen LogP contribution in [0.1, 0.15) is 18.4 Å². The van der Waals surface area contributed by atoms with Crippen LogP contribution < -0.4 is 10.5 Å². The standard InChI is InChI=1S/C17H21F3N2O2/c18-17(19,20)10-24-13-3-1-2-11(6-13)7-16(23)22-8-12-4-5-15(21)14(12)9-22/h1-3,6,12,14-15H,4-5,7-10,21H2. The molecule has 0 spiro atoms. The number of carbonyl (C=O) groups excluding carboxylic acids is 1. The van der Waals surface area contributed by atoms with Gasteiger partial charge in [-0.25, -0.2) is 0 Å². The minimum absolute atomic E-state index is 0.00966. The van der Waals surface area contributed by atoms with Gasteiger partial charge in [-0.05, 0) is 42.4 Å². The van der Waals surface area contributed by atoms with Crippen molar-refractivity contribution in [3.63, 3.8) is 0 Å². The molecule has 0 aromatic heterocycles. The van der Waals surface area contributed by atoms with E-state index in [1.54, 1.807) is 12.1 Å². The molecular formula is C17H21F3N2O2. The lowest BCUT2D eigenvalue weighted by atomic mass is 9.98. The third kappa shape index (κ3) is 4.01. The molecule has 7 heteroatoms. The number of amides is 1. The van der Waals surface area contributed by atoms with E-state index >= 15 is 0 Å². The van der Waals surface area contributed by atoms with E-state index in [-0.39, 0.29) is 24.1 Å². The minimum Gasteiger partial charge on any atom is -0.484 e. The Balaban J connectivity index is 1.57. The Morgan fingerprint density at radius 2 is 2.08 bits per heavy atom. The molecule has 2 aliphatic rings. The molecule has 2 fully saturated rings. The smallest absolute Gasteiger partial charge is 0.422 e. The zero-order valence-electron chi connectivity index (χ0n) is 13.3. The number of hydrogen-bond donors (Lipinski definition) is 1. The average molecular weight is 342 g/mol. The van der Waals surface area contributed by atoms with E-state index in [4.69, 9.17) is 10.5 Å². The molecule has 1 aliphatic carbocycles. The van der Waals surface area contributed by atoms with Crippen LogP contribution >= 0.6 is 0 Å². The maximum absolute atomic E-state index is 12.4. The number of carbonyl (C=O) groups is 1. The summed E-state index contributed by atoms with van der Waals surface area (Å²) in [4.78, 5) is 14.3. The van der Waals surface area contributed by atoms with Gasteiger partial charge in [0.2, 0.25) is 5.91 Å². The highest BCUT2D eigenvalue weighted by Crippen LogP contribution is 2.37. The maximum Gasteiger partial charge on any atom is 0.422 e. The van der Waals surface area contributed by atoms with Gasteiger partial charge in [-0.15, -0.1) is 0 Å². The fraction of sp³-hybridized carbons (Fsp3) is 0.588. The Hall–Kier alpha value is -1.76. The second-order valence-corrected chi connectivity index (χ2v) is 6.69. The Bertz CT molecular complexity index is 606. The molecule has 1 aromatic rings. The lowest BCUT2D eigenvalue weighted by molar-refractivity contribution is -0.153. The lowest BCUT2D eigenvalue weighted by Gasteiger charge is -2.19. The van der Waals surface area contributed by atoms with Gasteiger partial charge in [0.25, 0.3) is 0 Å². The molecule has 3 atom stereocenters. The van der Waals surface area contributed by atoms with Crippen molar-refractivity contribution in [1.82, 2.24) is 4.90 Å². The molecule has 24 heavy (non-hydrogen) atoms. The summed E-state index contributed by atoms with van der Waals surface area (Å²) < 4.78 is 41.3. The highest BCUT2D eigenvalue weighted by Gasteiger charge is 2.42. The van der Waals surface area contributed by atoms with Crippen molar-refractivity contribution < 1.29 is 22.7 Å². The van der Waals surface area contributed by atoms with Crippen molar-refractivity contribution in [3.05, 3.63) is 29.8 Å². The van der Waals surface area contributed by atoms with Gasteiger partial charge < -0.3 is 15.4 Å². The molecule has 4 nitrogen and oxygen atoms in total. The number of rotatable bonds is 4. The fourth-order valence-electron chi connectivity index (χ4n) is 3.71. The zero-order valence-corrected chi connectivity index (χ0v) is 13.3. The summed E-state index contributed by atoms with van der Waals surface area (Å²) >= 11 is 0. The fourth-order valence-corrected chi connectivity index (χ4v) is 3.71. The highest BCUT2D eigenvalue weighted by molar-refractivity contribution is 5.79. The summed E-state index contributed by atoms with van der Waals surface area (Å²) in [6, 6.07) is 6.45. The molecule has 1 saturated heterocycles. The molecule has 1 aromatic carbocycles. The third-order valence-corrected chi connectivity index (χ3v) is 4.92. The summed E-state index contributed by atoms with van der Waals surface area (Å²) in [6.07, 6.45) is -2.12. The molecule has 1 amide bonds. The molecule has 132 valence electrons. The first-order chi connectivity index (χ1) is 11.3. The van der Waals surface area contributed by atoms with Crippen LogP contribution in [-0.2, 0) is 11.2 Å². The van der Waals surface area contributed by atoms with Crippen LogP contribution in [0.4, 0.5) is 13.2 Å². The molecule has 1 saturated carbocycles. The number of ether oxygens (including phenoxy) is 1. The van der Waals surface area contributed by atoms with Crippen molar-refractivity contribution in [3.8, 4) is 5.75 Å². The first-order valence-corrected chi connectivity index (χ1v) is 8.13. The van der Waals surface area contributed by atoms with E-state index in [0.29, 0.717) is 23.9 Å². The van der Waals surface area contributed by atoms with Gasteiger partial charge in [0.1, 0.15) is 5.75 Å². The van der Waals surface area contributed by atoms with E-state index in [1.807, 2.05) is 4.90 Å². The summed E-state index contributed by atoms with van der Waals surface area (Å²) in [6.45, 7) is 0.0914. The van der Waals surface area contributed by atoms with Crippen molar-refractivity contribution in [1.29, 1.82) is 0 Å². The number of alkyl halides is 3. The van der Waals surface area contributed by atoms with E-state index in [2.05, 4.69) is 0 Å². The first kappa shape index (κ1) is 17.1. The second-order valence-electron chi connectivity index (χ2n) is 6.69. The van der Waals surface area contributed by atoms with Crippen molar-refractivity contribution in [2.24, 2.45) is 17.6 Å². The van der Waals surface area contributed by atoms with Gasteiger partial charge >= 0.3 is 6.18 Å². The van der Waals surface area contributed by atoms with Gasteiger partial charge in [0, 0.05) is 19.1 Å². The molecule has 3 rings (SSSR count). The third-order valence-electron chi connectivity index (χ3n) is 4.92. The quantitative estimate of drug-likeness (QED) is 0.914. The number of nitrogens with zero attached hydrogens (tertiary/aromatic N) is 1. The number of nitrogens with two attached hydrogens (primary N) is 1. The molecular weight excluding hydrogens is 321 g/mol. The second kappa shape index (κ2) is 6.63. The van der Waals surface area contributed by atoms with E-state index in [1.165, 1.54) is 12.1 Å². The number of halogens is 3. The molecule has 3 unspecified atom stereocenters. The van der Waals surface area contributed by atoms with Crippen LogP contribution in [0.2, 0.25) is 0 Å².